The molecule has 3 amide bonds. The molecule has 6 nitrogen and oxygen atoms in total. The van der Waals surface area contributed by atoms with E-state index in [0.29, 0.717) is 38.3 Å². The summed E-state index contributed by atoms with van der Waals surface area (Å²) < 4.78 is 12.9. The van der Waals surface area contributed by atoms with Crippen molar-refractivity contribution in [1.82, 2.24) is 15.1 Å². The summed E-state index contributed by atoms with van der Waals surface area (Å²) in [4.78, 5) is 39.4. The molecule has 7 heteroatoms. The zero-order valence-corrected chi connectivity index (χ0v) is 15.7. The summed E-state index contributed by atoms with van der Waals surface area (Å²) in [5, 5.41) is 2.78. The smallest absolute Gasteiger partial charge is 0.312 e. The van der Waals surface area contributed by atoms with Gasteiger partial charge in [-0.05, 0) is 42.3 Å². The second kappa shape index (κ2) is 8.65. The van der Waals surface area contributed by atoms with Crippen LogP contribution in [0.25, 0.3) is 0 Å². The highest BCUT2D eigenvalue weighted by Gasteiger charge is 2.31. The van der Waals surface area contributed by atoms with E-state index in [1.165, 1.54) is 21.9 Å². The molecule has 0 unspecified atom stereocenters. The average Bonchev–Trinajstić information content (AvgIpc) is 2.71. The van der Waals surface area contributed by atoms with Gasteiger partial charge in [0, 0.05) is 38.3 Å². The Morgan fingerprint density at radius 2 is 1.50 bits per heavy atom. The lowest BCUT2D eigenvalue weighted by Crippen LogP contribution is -2.53. The number of hydrogen-bond acceptors (Lipinski definition) is 3. The minimum Gasteiger partial charge on any atom is -0.348 e. The van der Waals surface area contributed by atoms with Gasteiger partial charge in [0.25, 0.3) is 5.91 Å². The van der Waals surface area contributed by atoms with Gasteiger partial charge in [0.2, 0.25) is 0 Å². The molecule has 0 radical (unpaired) electrons. The fourth-order valence-corrected chi connectivity index (χ4v) is 3.04. The number of carbonyl (C=O) groups is 3. The van der Waals surface area contributed by atoms with Crippen LogP contribution in [0.2, 0.25) is 0 Å². The van der Waals surface area contributed by atoms with E-state index < -0.39 is 11.8 Å². The SMILES string of the molecule is CCN1CCN(Cc2ccc(C(=O)NCc3ccc(F)cc3)cc2)C(=O)C1=O. The summed E-state index contributed by atoms with van der Waals surface area (Å²) in [6.07, 6.45) is 0. The van der Waals surface area contributed by atoms with Gasteiger partial charge in [0.15, 0.2) is 0 Å². The number of hydrogen-bond donors (Lipinski definition) is 1. The van der Waals surface area contributed by atoms with Crippen LogP contribution in [0.1, 0.15) is 28.4 Å². The molecule has 2 aromatic carbocycles. The Kier molecular flexibility index (Phi) is 6.03. The summed E-state index contributed by atoms with van der Waals surface area (Å²) in [5.74, 6) is -1.51. The molecule has 0 atom stereocenters. The van der Waals surface area contributed by atoms with E-state index in [-0.39, 0.29) is 11.7 Å². The number of benzene rings is 2. The van der Waals surface area contributed by atoms with E-state index in [2.05, 4.69) is 5.32 Å². The van der Waals surface area contributed by atoms with Crippen LogP contribution in [0.15, 0.2) is 48.5 Å². The van der Waals surface area contributed by atoms with Crippen molar-refractivity contribution in [2.45, 2.75) is 20.0 Å². The predicted molar refractivity (Wildman–Crippen MR) is 102 cm³/mol. The second-order valence-electron chi connectivity index (χ2n) is 6.62. The van der Waals surface area contributed by atoms with Crippen molar-refractivity contribution in [1.29, 1.82) is 0 Å². The molecule has 1 saturated heterocycles. The molecule has 1 aliphatic heterocycles. The Morgan fingerprint density at radius 3 is 2.14 bits per heavy atom. The van der Waals surface area contributed by atoms with Crippen molar-refractivity contribution in [2.75, 3.05) is 19.6 Å². The third-order valence-electron chi connectivity index (χ3n) is 4.73. The van der Waals surface area contributed by atoms with Gasteiger partial charge in [-0.1, -0.05) is 24.3 Å². The Hall–Kier alpha value is -3.22. The van der Waals surface area contributed by atoms with Gasteiger partial charge >= 0.3 is 11.8 Å². The highest BCUT2D eigenvalue weighted by molar-refractivity contribution is 6.35. The van der Waals surface area contributed by atoms with Crippen LogP contribution < -0.4 is 5.32 Å². The number of nitrogens with one attached hydrogen (secondary N) is 1. The van der Waals surface area contributed by atoms with Crippen LogP contribution >= 0.6 is 0 Å². The van der Waals surface area contributed by atoms with Crippen LogP contribution in [-0.2, 0) is 22.7 Å². The fraction of sp³-hybridized carbons (Fsp3) is 0.286. The zero-order chi connectivity index (χ0) is 20.1. The van der Waals surface area contributed by atoms with Crippen LogP contribution in [0, 0.1) is 5.82 Å². The Morgan fingerprint density at radius 1 is 0.929 bits per heavy atom. The molecule has 0 saturated carbocycles. The number of nitrogens with zero attached hydrogens (tertiary/aromatic N) is 2. The van der Waals surface area contributed by atoms with Gasteiger partial charge in [-0.3, -0.25) is 14.4 Å². The first-order chi connectivity index (χ1) is 13.5. The molecular formula is C21H22FN3O3. The predicted octanol–water partition coefficient (Wildman–Crippen LogP) is 1.95. The van der Waals surface area contributed by atoms with Crippen LogP contribution in [-0.4, -0.2) is 47.2 Å². The van der Waals surface area contributed by atoms with Crippen molar-refractivity contribution >= 4 is 17.7 Å². The van der Waals surface area contributed by atoms with E-state index in [9.17, 15) is 18.8 Å². The molecule has 0 aliphatic carbocycles. The maximum atomic E-state index is 12.9. The summed E-state index contributed by atoms with van der Waals surface area (Å²) >= 11 is 0. The number of likely N-dealkylation sites (N-methyl/N-ethyl adjacent to an activating group) is 1. The van der Waals surface area contributed by atoms with Gasteiger partial charge < -0.3 is 15.1 Å². The van der Waals surface area contributed by atoms with E-state index in [4.69, 9.17) is 0 Å². The maximum Gasteiger partial charge on any atom is 0.312 e. The minimum absolute atomic E-state index is 0.237. The second-order valence-corrected chi connectivity index (χ2v) is 6.62. The zero-order valence-electron chi connectivity index (χ0n) is 15.7. The van der Waals surface area contributed by atoms with Crippen molar-refractivity contribution in [3.05, 3.63) is 71.0 Å². The molecule has 1 heterocycles. The first-order valence-corrected chi connectivity index (χ1v) is 9.17. The Labute approximate surface area is 162 Å². The standard InChI is InChI=1S/C21H22FN3O3/c1-2-24-11-12-25(21(28)20(24)27)14-16-3-7-17(8-4-16)19(26)23-13-15-5-9-18(22)10-6-15/h3-10H,2,11-14H2,1H3,(H,23,26). The quantitative estimate of drug-likeness (QED) is 0.775. The van der Waals surface area contributed by atoms with Crippen molar-refractivity contribution in [3.63, 3.8) is 0 Å². The van der Waals surface area contributed by atoms with Gasteiger partial charge in [0.05, 0.1) is 0 Å². The lowest BCUT2D eigenvalue weighted by atomic mass is 10.1. The molecule has 3 rings (SSSR count). The largest absolute Gasteiger partial charge is 0.348 e. The molecule has 1 N–H and O–H groups in total. The van der Waals surface area contributed by atoms with Gasteiger partial charge in [-0.25, -0.2) is 4.39 Å². The monoisotopic (exact) mass is 383 g/mol. The van der Waals surface area contributed by atoms with Crippen LogP contribution in [0.5, 0.6) is 0 Å². The number of piperazine rings is 1. The molecule has 1 aliphatic rings. The molecule has 146 valence electrons. The molecule has 0 spiro atoms. The van der Waals surface area contributed by atoms with E-state index >= 15 is 0 Å². The summed E-state index contributed by atoms with van der Waals surface area (Å²) in [6.45, 7) is 4.04. The van der Waals surface area contributed by atoms with Gasteiger partial charge in [-0.15, -0.1) is 0 Å². The number of rotatable bonds is 6. The summed E-state index contributed by atoms with van der Waals surface area (Å²) in [5.41, 5.74) is 2.14. The van der Waals surface area contributed by atoms with Crippen molar-refractivity contribution in [2.24, 2.45) is 0 Å². The van der Waals surface area contributed by atoms with Crippen LogP contribution in [0.4, 0.5) is 4.39 Å². The number of halogens is 1. The topological polar surface area (TPSA) is 69.7 Å². The van der Waals surface area contributed by atoms with E-state index in [1.54, 1.807) is 36.4 Å². The molecule has 2 aromatic rings. The summed E-state index contributed by atoms with van der Waals surface area (Å²) in [7, 11) is 0. The molecule has 28 heavy (non-hydrogen) atoms. The molecule has 0 bridgehead atoms. The van der Waals surface area contributed by atoms with Crippen molar-refractivity contribution < 1.29 is 18.8 Å². The Bertz CT molecular complexity index is 865. The minimum atomic E-state index is -0.491. The third-order valence-corrected chi connectivity index (χ3v) is 4.73. The van der Waals surface area contributed by atoms with Crippen LogP contribution in [0.3, 0.4) is 0 Å². The molecule has 0 aromatic heterocycles. The Balaban J connectivity index is 1.55. The van der Waals surface area contributed by atoms with E-state index in [0.717, 1.165) is 11.1 Å². The number of carbonyl (C=O) groups excluding carboxylic acids is 3. The lowest BCUT2D eigenvalue weighted by molar-refractivity contribution is -0.156. The highest BCUT2D eigenvalue weighted by Crippen LogP contribution is 2.12. The van der Waals surface area contributed by atoms with E-state index in [1.807, 2.05) is 6.92 Å². The molecular weight excluding hydrogens is 361 g/mol. The van der Waals surface area contributed by atoms with Gasteiger partial charge in [-0.2, -0.15) is 0 Å². The highest BCUT2D eigenvalue weighted by atomic mass is 19.1. The maximum absolute atomic E-state index is 12.9. The lowest BCUT2D eigenvalue weighted by Gasteiger charge is -2.33. The first-order valence-electron chi connectivity index (χ1n) is 9.17. The van der Waals surface area contributed by atoms with Gasteiger partial charge in [0.1, 0.15) is 5.82 Å². The fourth-order valence-electron chi connectivity index (χ4n) is 3.04. The normalized spacial score (nSPS) is 14.4. The summed E-state index contributed by atoms with van der Waals surface area (Å²) in [6, 6.07) is 12.9. The number of amides is 3. The average molecular weight is 383 g/mol. The first kappa shape index (κ1) is 19.5. The van der Waals surface area contributed by atoms with Crippen molar-refractivity contribution in [3.8, 4) is 0 Å². The third kappa shape index (κ3) is 4.54. The molecule has 1 fully saturated rings.